The highest BCUT2D eigenvalue weighted by Gasteiger charge is 2.11. The molecule has 2 aromatic heterocycles. The summed E-state index contributed by atoms with van der Waals surface area (Å²) < 4.78 is 0. The van der Waals surface area contributed by atoms with Gasteiger partial charge >= 0.3 is 5.69 Å². The molecule has 2 aromatic rings. The van der Waals surface area contributed by atoms with E-state index < -0.39 is 11.2 Å². The van der Waals surface area contributed by atoms with Crippen LogP contribution in [0.3, 0.4) is 0 Å². The van der Waals surface area contributed by atoms with Crippen molar-refractivity contribution in [3.05, 3.63) is 31.3 Å². The maximum atomic E-state index is 11.4. The van der Waals surface area contributed by atoms with Gasteiger partial charge in [0, 0.05) is 0 Å². The van der Waals surface area contributed by atoms with Crippen LogP contribution in [0.1, 0.15) is 10.4 Å². The molecule has 0 saturated heterocycles. The normalized spacial score (nSPS) is 10.3. The van der Waals surface area contributed by atoms with Gasteiger partial charge in [0.15, 0.2) is 0 Å². The van der Waals surface area contributed by atoms with Crippen molar-refractivity contribution >= 4 is 21.6 Å². The summed E-state index contributed by atoms with van der Waals surface area (Å²) in [4.78, 5) is 27.8. The zero-order valence-electron chi connectivity index (χ0n) is 7.17. The van der Waals surface area contributed by atoms with Gasteiger partial charge in [-0.25, -0.2) is 4.79 Å². The van der Waals surface area contributed by atoms with E-state index in [-0.39, 0.29) is 0 Å². The molecule has 0 bridgehead atoms. The van der Waals surface area contributed by atoms with Crippen LogP contribution in [-0.2, 0) is 0 Å². The predicted molar refractivity (Wildman–Crippen MR) is 52.5 cm³/mol. The van der Waals surface area contributed by atoms with Crippen LogP contribution in [-0.4, -0.2) is 9.97 Å². The molecule has 2 heterocycles. The Morgan fingerprint density at radius 2 is 2.07 bits per heavy atom. The first-order chi connectivity index (χ1) is 6.63. The molecule has 14 heavy (non-hydrogen) atoms. The van der Waals surface area contributed by atoms with Gasteiger partial charge in [0.1, 0.15) is 15.8 Å². The summed E-state index contributed by atoms with van der Waals surface area (Å²) in [6.45, 7) is 1.69. The second-order valence-electron chi connectivity index (χ2n) is 2.78. The maximum Gasteiger partial charge on any atom is 0.326 e. The summed E-state index contributed by atoms with van der Waals surface area (Å²) in [5.41, 5.74) is -0.378. The number of fused-ring (bicyclic) bond motifs is 1. The maximum absolute atomic E-state index is 11.4. The largest absolute Gasteiger partial charge is 0.326 e. The third-order valence-corrected chi connectivity index (χ3v) is 3.04. The number of hydrogen-bond donors (Lipinski definition) is 2. The van der Waals surface area contributed by atoms with Crippen LogP contribution in [0, 0.1) is 18.3 Å². The molecular formula is C8H5N3O2S. The highest BCUT2D eigenvalue weighted by atomic mass is 32.1. The van der Waals surface area contributed by atoms with E-state index in [9.17, 15) is 9.59 Å². The second-order valence-corrected chi connectivity index (χ2v) is 3.80. The molecule has 2 N–H and O–H groups in total. The Morgan fingerprint density at radius 1 is 1.36 bits per heavy atom. The summed E-state index contributed by atoms with van der Waals surface area (Å²) in [5.74, 6) is 0. The fourth-order valence-electron chi connectivity index (χ4n) is 1.28. The van der Waals surface area contributed by atoms with E-state index in [1.165, 1.54) is 0 Å². The second kappa shape index (κ2) is 2.82. The van der Waals surface area contributed by atoms with Crippen LogP contribution in [0.25, 0.3) is 10.2 Å². The van der Waals surface area contributed by atoms with Crippen molar-refractivity contribution in [2.75, 3.05) is 0 Å². The van der Waals surface area contributed by atoms with E-state index >= 15 is 0 Å². The summed E-state index contributed by atoms with van der Waals surface area (Å²) >= 11 is 1.12. The molecule has 70 valence electrons. The number of aromatic amines is 2. The number of nitrogens with one attached hydrogen (secondary N) is 2. The Labute approximate surface area is 81.6 Å². The molecule has 0 unspecified atom stereocenters. The van der Waals surface area contributed by atoms with Crippen LogP contribution in [0.5, 0.6) is 0 Å². The number of aryl methyl sites for hydroxylation is 1. The van der Waals surface area contributed by atoms with Crippen molar-refractivity contribution < 1.29 is 0 Å². The number of nitriles is 1. The number of hydrogen-bond acceptors (Lipinski definition) is 4. The van der Waals surface area contributed by atoms with E-state index in [4.69, 9.17) is 5.26 Å². The molecule has 0 aliphatic heterocycles. The van der Waals surface area contributed by atoms with Crippen LogP contribution in [0.2, 0.25) is 0 Å². The summed E-state index contributed by atoms with van der Waals surface area (Å²) in [7, 11) is 0. The zero-order chi connectivity index (χ0) is 10.3. The predicted octanol–water partition coefficient (Wildman–Crippen LogP) is 0.458. The number of rotatable bonds is 0. The van der Waals surface area contributed by atoms with Crippen LogP contribution in [0.15, 0.2) is 9.59 Å². The molecule has 0 aliphatic carbocycles. The molecule has 5 nitrogen and oxygen atoms in total. The van der Waals surface area contributed by atoms with Gasteiger partial charge in [-0.3, -0.25) is 14.8 Å². The molecule has 2 rings (SSSR count). The highest BCUT2D eigenvalue weighted by molar-refractivity contribution is 7.19. The lowest BCUT2D eigenvalue weighted by molar-refractivity contribution is 1.09. The number of nitrogens with zero attached hydrogens (tertiary/aromatic N) is 1. The molecule has 0 aromatic carbocycles. The molecule has 0 atom stereocenters. The molecule has 0 saturated carbocycles. The SMILES string of the molecule is Cc1c(C#N)sc2[nH]c(=O)[nH]c(=O)c12. The van der Waals surface area contributed by atoms with Crippen molar-refractivity contribution in [3.63, 3.8) is 0 Å². The fourth-order valence-corrected chi connectivity index (χ4v) is 2.28. The van der Waals surface area contributed by atoms with Crippen molar-refractivity contribution in [2.45, 2.75) is 6.92 Å². The average molecular weight is 207 g/mol. The van der Waals surface area contributed by atoms with Crippen molar-refractivity contribution in [1.82, 2.24) is 9.97 Å². The monoisotopic (exact) mass is 207 g/mol. The lowest BCUT2D eigenvalue weighted by Crippen LogP contribution is -2.21. The summed E-state index contributed by atoms with van der Waals surface area (Å²) in [6, 6.07) is 1.98. The van der Waals surface area contributed by atoms with Crippen LogP contribution in [0.4, 0.5) is 0 Å². The lowest BCUT2D eigenvalue weighted by Gasteiger charge is -1.87. The van der Waals surface area contributed by atoms with Gasteiger partial charge in [-0.15, -0.1) is 11.3 Å². The number of thiophene rings is 1. The smallest absolute Gasteiger partial charge is 0.298 e. The van der Waals surface area contributed by atoms with E-state index in [1.807, 2.05) is 6.07 Å². The molecule has 0 aliphatic rings. The first-order valence-corrected chi connectivity index (χ1v) is 4.61. The third-order valence-electron chi connectivity index (χ3n) is 1.93. The van der Waals surface area contributed by atoms with Gasteiger partial charge in [-0.1, -0.05) is 0 Å². The average Bonchev–Trinajstić information content (AvgIpc) is 2.42. The van der Waals surface area contributed by atoms with E-state index in [1.54, 1.807) is 6.92 Å². The molecular weight excluding hydrogens is 202 g/mol. The number of aromatic nitrogens is 2. The third kappa shape index (κ3) is 1.07. The minimum Gasteiger partial charge on any atom is -0.298 e. The van der Waals surface area contributed by atoms with Gasteiger partial charge in [0.05, 0.1) is 5.39 Å². The Morgan fingerprint density at radius 3 is 2.71 bits per heavy atom. The summed E-state index contributed by atoms with van der Waals surface area (Å²) in [5, 5.41) is 9.13. The van der Waals surface area contributed by atoms with Gasteiger partial charge in [0.2, 0.25) is 0 Å². The lowest BCUT2D eigenvalue weighted by atomic mass is 10.2. The molecule has 0 amide bonds. The van der Waals surface area contributed by atoms with Crippen LogP contribution < -0.4 is 11.2 Å². The minimum atomic E-state index is -0.548. The first-order valence-electron chi connectivity index (χ1n) is 3.79. The van der Waals surface area contributed by atoms with Gasteiger partial charge in [-0.05, 0) is 12.5 Å². The highest BCUT2D eigenvalue weighted by Crippen LogP contribution is 2.24. The Balaban J connectivity index is 3.09. The van der Waals surface area contributed by atoms with Crippen LogP contribution >= 0.6 is 11.3 Å². The topological polar surface area (TPSA) is 89.5 Å². The minimum absolute atomic E-state index is 0.395. The summed E-state index contributed by atoms with van der Waals surface area (Å²) in [6.07, 6.45) is 0. The van der Waals surface area contributed by atoms with Gasteiger partial charge in [-0.2, -0.15) is 5.26 Å². The van der Waals surface area contributed by atoms with E-state index in [2.05, 4.69) is 9.97 Å². The first kappa shape index (κ1) is 8.72. The van der Waals surface area contributed by atoms with Gasteiger partial charge in [0.25, 0.3) is 5.56 Å². The molecule has 0 fully saturated rings. The Hall–Kier alpha value is -1.87. The van der Waals surface area contributed by atoms with Crippen molar-refractivity contribution in [1.29, 1.82) is 5.26 Å². The van der Waals surface area contributed by atoms with Crippen molar-refractivity contribution in [3.8, 4) is 6.07 Å². The fraction of sp³-hybridized carbons (Fsp3) is 0.125. The van der Waals surface area contributed by atoms with E-state index in [0.29, 0.717) is 20.7 Å². The van der Waals surface area contributed by atoms with E-state index in [0.717, 1.165) is 11.3 Å². The quantitative estimate of drug-likeness (QED) is 0.657. The molecule has 0 spiro atoms. The number of H-pyrrole nitrogens is 2. The molecule has 6 heteroatoms. The van der Waals surface area contributed by atoms with Gasteiger partial charge < -0.3 is 0 Å². The zero-order valence-corrected chi connectivity index (χ0v) is 7.99. The molecule has 0 radical (unpaired) electrons. The van der Waals surface area contributed by atoms with Crippen molar-refractivity contribution in [2.24, 2.45) is 0 Å². The Bertz CT molecular complexity index is 656. The standard InChI is InChI=1S/C8H5N3O2S/c1-3-4(2-9)14-7-5(3)6(12)10-8(13)11-7/h1H3,(H2,10,11,12,13). The Kier molecular flexibility index (Phi) is 1.75.